The normalized spacial score (nSPS) is 13.9. The van der Waals surface area contributed by atoms with E-state index in [-0.39, 0.29) is 34.8 Å². The van der Waals surface area contributed by atoms with Crippen molar-refractivity contribution in [3.8, 4) is 0 Å². The molecule has 0 spiro atoms. The fourth-order valence-electron chi connectivity index (χ4n) is 4.36. The highest BCUT2D eigenvalue weighted by Crippen LogP contribution is 2.36. The first-order chi connectivity index (χ1) is 16.9. The Morgan fingerprint density at radius 3 is 2.66 bits per heavy atom. The third-order valence-corrected chi connectivity index (χ3v) is 6.46. The summed E-state index contributed by atoms with van der Waals surface area (Å²) in [6.07, 6.45) is 7.96. The van der Waals surface area contributed by atoms with Crippen molar-refractivity contribution >= 4 is 34.8 Å². The molecular formula is C27H27ClF2N4O. The van der Waals surface area contributed by atoms with Crippen LogP contribution >= 0.6 is 11.6 Å². The van der Waals surface area contributed by atoms with E-state index < -0.39 is 11.6 Å². The topological polar surface area (TPSA) is 66.9 Å². The first-order valence-electron chi connectivity index (χ1n) is 11.7. The number of nitrogens with zero attached hydrogens (tertiary/aromatic N) is 2. The van der Waals surface area contributed by atoms with Crippen molar-refractivity contribution in [2.45, 2.75) is 51.0 Å². The SMILES string of the molecule is C=CC(=O)Cc1cccc(CNc2nc(Nc3cc(F)c(C4CCCCC4)cc3F)ncc2Cl)c1. The smallest absolute Gasteiger partial charge is 0.229 e. The Morgan fingerprint density at radius 2 is 1.89 bits per heavy atom. The standard InChI is InChI=1S/C27H27ClF2N4O/c1-2-20(35)12-17-7-6-8-18(11-17)15-31-26-22(28)16-32-27(34-26)33-25-14-23(29)21(13-24(25)30)19-9-4-3-5-10-19/h2,6-8,11,13-14,16,19H,1,3-5,9-10,12,15H2,(H2,31,32,33,34). The van der Waals surface area contributed by atoms with Gasteiger partial charge in [0.1, 0.15) is 16.7 Å². The molecule has 0 unspecified atom stereocenters. The minimum Gasteiger partial charge on any atom is -0.365 e. The van der Waals surface area contributed by atoms with Gasteiger partial charge in [-0.05, 0) is 47.6 Å². The molecule has 0 aliphatic heterocycles. The summed E-state index contributed by atoms with van der Waals surface area (Å²) in [7, 11) is 0. The maximum Gasteiger partial charge on any atom is 0.229 e. The van der Waals surface area contributed by atoms with Gasteiger partial charge in [-0.2, -0.15) is 4.98 Å². The van der Waals surface area contributed by atoms with Crippen LogP contribution in [-0.4, -0.2) is 15.8 Å². The number of hydrogen-bond acceptors (Lipinski definition) is 5. The molecule has 5 nitrogen and oxygen atoms in total. The Morgan fingerprint density at radius 1 is 1.11 bits per heavy atom. The lowest BCUT2D eigenvalue weighted by Crippen LogP contribution is -2.09. The molecule has 1 aromatic heterocycles. The molecule has 2 aromatic carbocycles. The van der Waals surface area contributed by atoms with Crippen molar-refractivity contribution in [3.63, 3.8) is 0 Å². The molecule has 1 saturated carbocycles. The predicted molar refractivity (Wildman–Crippen MR) is 135 cm³/mol. The molecule has 1 aliphatic carbocycles. The fourth-order valence-corrected chi connectivity index (χ4v) is 4.52. The number of allylic oxidation sites excluding steroid dienone is 1. The summed E-state index contributed by atoms with van der Waals surface area (Å²) >= 11 is 6.24. The van der Waals surface area contributed by atoms with Gasteiger partial charge in [-0.15, -0.1) is 0 Å². The van der Waals surface area contributed by atoms with Crippen molar-refractivity contribution in [2.24, 2.45) is 0 Å². The fraction of sp³-hybridized carbons (Fsp3) is 0.296. The van der Waals surface area contributed by atoms with Crippen LogP contribution in [0.15, 0.2) is 55.3 Å². The van der Waals surface area contributed by atoms with Crippen LogP contribution in [0.5, 0.6) is 0 Å². The van der Waals surface area contributed by atoms with Gasteiger partial charge in [0, 0.05) is 19.0 Å². The van der Waals surface area contributed by atoms with E-state index in [0.29, 0.717) is 17.9 Å². The number of carbonyl (C=O) groups is 1. The molecule has 182 valence electrons. The second-order valence-corrected chi connectivity index (χ2v) is 9.13. The summed E-state index contributed by atoms with van der Waals surface area (Å²) in [5.41, 5.74) is 2.20. The zero-order chi connectivity index (χ0) is 24.8. The second kappa shape index (κ2) is 11.4. The molecule has 0 radical (unpaired) electrons. The number of carbonyl (C=O) groups excluding carboxylic acids is 1. The van der Waals surface area contributed by atoms with Crippen LogP contribution in [0.4, 0.5) is 26.2 Å². The van der Waals surface area contributed by atoms with Gasteiger partial charge in [0.25, 0.3) is 0 Å². The number of halogens is 3. The quantitative estimate of drug-likeness (QED) is 0.309. The van der Waals surface area contributed by atoms with Gasteiger partial charge < -0.3 is 10.6 Å². The minimum atomic E-state index is -0.550. The van der Waals surface area contributed by atoms with E-state index in [2.05, 4.69) is 27.2 Å². The van der Waals surface area contributed by atoms with Gasteiger partial charge in [-0.25, -0.2) is 13.8 Å². The summed E-state index contributed by atoms with van der Waals surface area (Å²) in [6, 6.07) is 10.0. The Labute approximate surface area is 208 Å². The molecule has 2 N–H and O–H groups in total. The highest BCUT2D eigenvalue weighted by molar-refractivity contribution is 6.32. The molecular weight excluding hydrogens is 470 g/mol. The van der Waals surface area contributed by atoms with E-state index >= 15 is 0 Å². The third kappa shape index (κ3) is 6.42. The van der Waals surface area contributed by atoms with Gasteiger partial charge >= 0.3 is 0 Å². The van der Waals surface area contributed by atoms with E-state index in [9.17, 15) is 13.6 Å². The summed E-state index contributed by atoms with van der Waals surface area (Å²) in [5, 5.41) is 6.18. The van der Waals surface area contributed by atoms with Gasteiger partial charge in [0.05, 0.1) is 11.9 Å². The van der Waals surface area contributed by atoms with E-state index in [4.69, 9.17) is 11.6 Å². The Balaban J connectivity index is 1.46. The number of benzene rings is 2. The van der Waals surface area contributed by atoms with E-state index in [1.807, 2.05) is 24.3 Å². The molecule has 8 heteroatoms. The molecule has 3 aromatic rings. The number of anilines is 3. The van der Waals surface area contributed by atoms with Crippen molar-refractivity contribution in [3.05, 3.63) is 88.6 Å². The average molecular weight is 497 g/mol. The molecule has 0 amide bonds. The molecule has 1 fully saturated rings. The largest absolute Gasteiger partial charge is 0.365 e. The van der Waals surface area contributed by atoms with Crippen molar-refractivity contribution in [1.29, 1.82) is 0 Å². The van der Waals surface area contributed by atoms with Gasteiger partial charge in [-0.3, -0.25) is 4.79 Å². The maximum atomic E-state index is 14.8. The van der Waals surface area contributed by atoms with Crippen LogP contribution in [0.1, 0.15) is 54.7 Å². The number of nitrogens with one attached hydrogen (secondary N) is 2. The Bertz CT molecular complexity index is 1230. The van der Waals surface area contributed by atoms with Crippen LogP contribution in [-0.2, 0) is 17.8 Å². The van der Waals surface area contributed by atoms with Gasteiger partial charge in [0.2, 0.25) is 5.95 Å². The predicted octanol–water partition coefficient (Wildman–Crippen LogP) is 7.11. The second-order valence-electron chi connectivity index (χ2n) is 8.72. The molecule has 1 aliphatic rings. The lowest BCUT2D eigenvalue weighted by atomic mass is 9.84. The van der Waals surface area contributed by atoms with E-state index in [0.717, 1.165) is 43.2 Å². The lowest BCUT2D eigenvalue weighted by Gasteiger charge is -2.23. The van der Waals surface area contributed by atoms with Gasteiger partial charge in [0.15, 0.2) is 11.6 Å². The van der Waals surface area contributed by atoms with Crippen LogP contribution in [0, 0.1) is 11.6 Å². The van der Waals surface area contributed by atoms with E-state index in [1.54, 1.807) is 0 Å². The monoisotopic (exact) mass is 496 g/mol. The summed E-state index contributed by atoms with van der Waals surface area (Å²) in [4.78, 5) is 20.0. The van der Waals surface area contributed by atoms with Gasteiger partial charge in [-0.1, -0.05) is 61.7 Å². The highest BCUT2D eigenvalue weighted by Gasteiger charge is 2.21. The molecule has 4 rings (SSSR count). The number of aromatic nitrogens is 2. The number of rotatable bonds is 9. The third-order valence-electron chi connectivity index (χ3n) is 6.18. The zero-order valence-corrected chi connectivity index (χ0v) is 20.0. The summed E-state index contributed by atoms with van der Waals surface area (Å²) in [5.74, 6) is -0.542. The molecule has 35 heavy (non-hydrogen) atoms. The zero-order valence-electron chi connectivity index (χ0n) is 19.3. The lowest BCUT2D eigenvalue weighted by molar-refractivity contribution is -0.114. The van der Waals surface area contributed by atoms with Crippen molar-refractivity contribution in [1.82, 2.24) is 9.97 Å². The minimum absolute atomic E-state index is 0.0325. The first-order valence-corrected chi connectivity index (χ1v) is 12.1. The van der Waals surface area contributed by atoms with Crippen LogP contribution in [0.2, 0.25) is 5.02 Å². The van der Waals surface area contributed by atoms with E-state index in [1.165, 1.54) is 24.4 Å². The molecule has 0 atom stereocenters. The Kier molecular flexibility index (Phi) is 8.08. The average Bonchev–Trinajstić information content (AvgIpc) is 2.87. The first kappa shape index (κ1) is 24.8. The van der Waals surface area contributed by atoms with Crippen molar-refractivity contribution in [2.75, 3.05) is 10.6 Å². The van der Waals surface area contributed by atoms with Crippen LogP contribution in [0.25, 0.3) is 0 Å². The molecule has 0 saturated heterocycles. The van der Waals surface area contributed by atoms with Crippen LogP contribution < -0.4 is 10.6 Å². The summed E-state index contributed by atoms with van der Waals surface area (Å²) in [6.45, 7) is 3.89. The Hall–Kier alpha value is -3.32. The van der Waals surface area contributed by atoms with Crippen LogP contribution in [0.3, 0.4) is 0 Å². The number of hydrogen-bond donors (Lipinski definition) is 2. The number of ketones is 1. The maximum absolute atomic E-state index is 14.8. The molecule has 0 bridgehead atoms. The van der Waals surface area contributed by atoms with Crippen molar-refractivity contribution < 1.29 is 13.6 Å². The highest BCUT2D eigenvalue weighted by atomic mass is 35.5. The summed E-state index contributed by atoms with van der Waals surface area (Å²) < 4.78 is 29.6. The molecule has 1 heterocycles.